The second-order valence-corrected chi connectivity index (χ2v) is 35.4. The van der Waals surface area contributed by atoms with Crippen LogP contribution in [0.4, 0.5) is 0 Å². The molecule has 17 heteroatoms. The van der Waals surface area contributed by atoms with Gasteiger partial charge in [0, 0.05) is 126 Å². The fourth-order valence-electron chi connectivity index (χ4n) is 17.7. The number of amides is 4. The number of aromatic amines is 4. The molecule has 17 nitrogen and oxygen atoms in total. The quantitative estimate of drug-likeness (QED) is 0.0436. The molecule has 12 aromatic rings. The molecule has 8 aromatic carbocycles. The van der Waals surface area contributed by atoms with Gasteiger partial charge >= 0.3 is 0 Å². The Morgan fingerprint density at radius 3 is 0.825 bits per heavy atom. The maximum Gasteiger partial charge on any atom is 0.270 e. The van der Waals surface area contributed by atoms with Gasteiger partial charge in [0.25, 0.3) is 23.6 Å². The molecule has 0 spiro atoms. The summed E-state index contributed by atoms with van der Waals surface area (Å²) in [6.45, 7) is 37.2. The zero-order chi connectivity index (χ0) is 84.2. The van der Waals surface area contributed by atoms with Gasteiger partial charge in [0.1, 0.15) is 28.5 Å². The molecule has 0 atom stereocenters. The predicted molar refractivity (Wildman–Crippen MR) is 492 cm³/mol. The maximum atomic E-state index is 13.3. The summed E-state index contributed by atoms with van der Waals surface area (Å²) in [5, 5.41) is 4.36. The first-order valence-corrected chi connectivity index (χ1v) is 44.3. The predicted octanol–water partition coefficient (Wildman–Crippen LogP) is 20.3. The molecule has 4 N–H and O–H groups in total. The van der Waals surface area contributed by atoms with E-state index in [1.54, 1.807) is 7.11 Å². The van der Waals surface area contributed by atoms with Gasteiger partial charge in [-0.2, -0.15) is 0 Å². The summed E-state index contributed by atoms with van der Waals surface area (Å²) in [5.74, 6) is 3.63. The van der Waals surface area contributed by atoms with E-state index in [0.717, 1.165) is 205 Å². The van der Waals surface area contributed by atoms with Crippen molar-refractivity contribution >= 4 is 67.2 Å². The Hall–Kier alpha value is -10.6. The van der Waals surface area contributed by atoms with E-state index >= 15 is 0 Å². The first-order valence-electron chi connectivity index (χ1n) is 44.3. The van der Waals surface area contributed by atoms with Crippen LogP contribution in [0.15, 0.2) is 224 Å². The van der Waals surface area contributed by atoms with Gasteiger partial charge in [-0.3, -0.25) is 38.8 Å². The van der Waals surface area contributed by atoms with Gasteiger partial charge in [0.05, 0.1) is 7.11 Å². The summed E-state index contributed by atoms with van der Waals surface area (Å²) in [7, 11) is 1.73. The fourth-order valence-corrected chi connectivity index (χ4v) is 17.7. The molecule has 16 rings (SSSR count). The number of carbonyl (C=O) groups excluding carboxylic acids is 4. The van der Waals surface area contributed by atoms with Crippen molar-refractivity contribution in [2.45, 2.75) is 171 Å². The van der Waals surface area contributed by atoms with Crippen LogP contribution >= 0.6 is 0 Å². The number of aryl methyl sites for hydroxylation is 2. The zero-order valence-corrected chi connectivity index (χ0v) is 73.1. The molecule has 4 aliphatic rings. The molecule has 0 radical (unpaired) electrons. The molecule has 4 saturated heterocycles. The van der Waals surface area contributed by atoms with Gasteiger partial charge in [-0.05, 0) is 268 Å². The molecule has 4 aromatic heterocycles. The van der Waals surface area contributed by atoms with Gasteiger partial charge in [-0.25, -0.2) is 0 Å². The van der Waals surface area contributed by atoms with Crippen molar-refractivity contribution in [2.75, 3.05) is 85.6 Å². The third-order valence-electron chi connectivity index (χ3n) is 25.1. The molecule has 0 saturated carbocycles. The fraction of sp³-hybridized carbons (Fsp3) is 0.417. The topological polar surface area (TPSA) is 167 Å². The number of likely N-dealkylation sites (tertiary alicyclic amines) is 4. The third-order valence-corrected chi connectivity index (χ3v) is 25.1. The summed E-state index contributed by atoms with van der Waals surface area (Å²) in [4.78, 5) is 84.5. The van der Waals surface area contributed by atoms with Gasteiger partial charge in [-0.15, -0.1) is 0 Å². The Labute approximate surface area is 712 Å². The molecule has 8 heterocycles. The van der Waals surface area contributed by atoms with Gasteiger partial charge in [0.2, 0.25) is 0 Å². The highest BCUT2D eigenvalue weighted by Gasteiger charge is 2.33. The number of rotatable bonds is 25. The summed E-state index contributed by atoms with van der Waals surface area (Å²) >= 11 is 0. The molecule has 0 bridgehead atoms. The molecule has 4 aliphatic heterocycles. The minimum Gasteiger partial charge on any atom is -0.496 e. The van der Waals surface area contributed by atoms with E-state index in [1.807, 2.05) is 153 Å². The third kappa shape index (κ3) is 23.7. The van der Waals surface area contributed by atoms with Crippen LogP contribution in [0.2, 0.25) is 0 Å². The Bertz CT molecular complexity index is 4920. The van der Waals surface area contributed by atoms with E-state index in [-0.39, 0.29) is 47.8 Å². The van der Waals surface area contributed by atoms with E-state index in [1.165, 1.54) is 33.4 Å². The van der Waals surface area contributed by atoms with E-state index in [9.17, 15) is 19.2 Å². The SMILES string of the molecule is CC(C)N(CC1CCN(Cc2ccccc2)CC1)C(=O)c1cc2ccccc2[nH]1.COc1ccccc1CN1CCC(CN(C(=O)c2cc3ccccc3[nH]2)C(C)C)CC1.Cc1ccc(CN2CCC(CN(C(=O)c3cc4ccccc4[nH]3)C(C)C)CC2)cc1.Cc1ccc(CN2CCC(CN(C(=O)c3cc4ccccc4[nH]3)C(C)C)CC2)cc1. The van der Waals surface area contributed by atoms with Crippen molar-refractivity contribution in [2.24, 2.45) is 23.7 Å². The molecule has 0 aliphatic carbocycles. The van der Waals surface area contributed by atoms with Crippen LogP contribution in [0.5, 0.6) is 5.75 Å². The number of benzene rings is 8. The van der Waals surface area contributed by atoms with Gasteiger partial charge < -0.3 is 44.3 Å². The van der Waals surface area contributed by atoms with Crippen molar-refractivity contribution in [1.29, 1.82) is 0 Å². The second kappa shape index (κ2) is 42.1. The van der Waals surface area contributed by atoms with Crippen molar-refractivity contribution in [3.63, 3.8) is 0 Å². The first-order chi connectivity index (χ1) is 58.1. The number of aromatic nitrogens is 4. The lowest BCUT2D eigenvalue weighted by molar-refractivity contribution is 0.0613. The molecular weight excluding hydrogens is 1490 g/mol. The summed E-state index contributed by atoms with van der Waals surface area (Å²) in [5.41, 5.74) is 14.9. The number of hydrogen-bond donors (Lipinski definition) is 4. The molecular formula is C103H130N12O5. The largest absolute Gasteiger partial charge is 0.496 e. The highest BCUT2D eigenvalue weighted by atomic mass is 16.5. The summed E-state index contributed by atoms with van der Waals surface area (Å²) < 4.78 is 5.50. The average molecular weight is 1620 g/mol. The number of H-pyrrole nitrogens is 4. The Morgan fingerprint density at radius 1 is 0.317 bits per heavy atom. The summed E-state index contributed by atoms with van der Waals surface area (Å²) in [6.07, 6.45) is 9.11. The van der Waals surface area contributed by atoms with Crippen LogP contribution in [0.25, 0.3) is 43.6 Å². The molecule has 632 valence electrons. The lowest BCUT2D eigenvalue weighted by Crippen LogP contribution is -2.43. The van der Waals surface area contributed by atoms with E-state index in [4.69, 9.17) is 4.74 Å². The standard InChI is InChI=1S/C26H33N3O2.2C26H33N3O.C25H31N3O/c1-19(2)29(26(30)24-16-21-8-4-6-10-23(21)27-24)17-20-12-14-28(15-13-20)18-22-9-5-7-11-25(22)31-3;2*1-19(2)29(26(30)25-16-23-6-4-5-7-24(23)27-25)18-22-12-14-28(15-13-22)17-21-10-8-20(3)9-11-21;1-19(2)28(25(29)24-16-22-10-6-7-11-23(22)26-24)18-21-12-14-27(15-13-21)17-20-8-4-3-5-9-20/h4-11,16,19-20,27H,12-15,17-18H2,1-3H3;2*4-11,16,19,22,27H,12-15,17-18H2,1-3H3;3-11,16,19,21,26H,12-15,17-18H2,1-2H3. The average Bonchev–Trinajstić information content (AvgIpc) is 1.68. The number of piperidine rings is 4. The molecule has 0 unspecified atom stereocenters. The number of para-hydroxylation sites is 5. The van der Waals surface area contributed by atoms with Crippen molar-refractivity contribution in [1.82, 2.24) is 59.1 Å². The van der Waals surface area contributed by atoms with Crippen LogP contribution < -0.4 is 4.74 Å². The zero-order valence-electron chi connectivity index (χ0n) is 73.1. The van der Waals surface area contributed by atoms with Gasteiger partial charge in [0.15, 0.2) is 0 Å². The number of hydrogen-bond acceptors (Lipinski definition) is 9. The number of nitrogens with zero attached hydrogens (tertiary/aromatic N) is 8. The normalized spacial score (nSPS) is 15.7. The number of fused-ring (bicyclic) bond motifs is 4. The number of ether oxygens (including phenoxy) is 1. The van der Waals surface area contributed by atoms with Gasteiger partial charge in [-0.1, -0.05) is 181 Å². The van der Waals surface area contributed by atoms with Crippen LogP contribution in [0, 0.1) is 37.5 Å². The highest BCUT2D eigenvalue weighted by molar-refractivity contribution is 6.01. The Balaban J connectivity index is 0.000000138. The first kappa shape index (κ1) is 87.3. The number of nitrogens with one attached hydrogen (secondary N) is 4. The lowest BCUT2D eigenvalue weighted by Gasteiger charge is -2.36. The molecule has 120 heavy (non-hydrogen) atoms. The van der Waals surface area contributed by atoms with E-state index in [2.05, 4.69) is 200 Å². The monoisotopic (exact) mass is 1620 g/mol. The Kier molecular flexibility index (Phi) is 30.6. The minimum atomic E-state index is 0.0997. The van der Waals surface area contributed by atoms with E-state index < -0.39 is 0 Å². The smallest absolute Gasteiger partial charge is 0.270 e. The maximum absolute atomic E-state index is 13.3. The lowest BCUT2D eigenvalue weighted by atomic mass is 9.95. The van der Waals surface area contributed by atoms with Crippen molar-refractivity contribution < 1.29 is 23.9 Å². The van der Waals surface area contributed by atoms with Crippen molar-refractivity contribution in [3.8, 4) is 5.75 Å². The van der Waals surface area contributed by atoms with Crippen molar-refractivity contribution in [3.05, 3.63) is 281 Å². The number of carbonyl (C=O) groups is 4. The second-order valence-electron chi connectivity index (χ2n) is 35.4. The number of methoxy groups -OCH3 is 1. The molecule has 4 fully saturated rings. The molecule has 4 amide bonds. The van der Waals surface area contributed by atoms with E-state index in [0.29, 0.717) is 46.4 Å². The summed E-state index contributed by atoms with van der Waals surface area (Å²) in [6, 6.07) is 77.6. The Morgan fingerprint density at radius 2 is 0.558 bits per heavy atom. The minimum absolute atomic E-state index is 0.0997. The van der Waals surface area contributed by atoms with Crippen LogP contribution in [0.3, 0.4) is 0 Å². The highest BCUT2D eigenvalue weighted by Crippen LogP contribution is 2.31. The van der Waals surface area contributed by atoms with Crippen LogP contribution in [-0.2, 0) is 26.2 Å². The van der Waals surface area contributed by atoms with Crippen LogP contribution in [0.1, 0.15) is 182 Å². The van der Waals surface area contributed by atoms with Crippen LogP contribution in [-0.4, -0.2) is 193 Å².